The van der Waals surface area contributed by atoms with Crippen molar-refractivity contribution in [2.45, 2.75) is 18.7 Å². The lowest BCUT2D eigenvalue weighted by Gasteiger charge is -2.28. The highest BCUT2D eigenvalue weighted by Gasteiger charge is 2.27. The Morgan fingerprint density at radius 1 is 1.40 bits per heavy atom. The van der Waals surface area contributed by atoms with Crippen LogP contribution in [0.3, 0.4) is 0 Å². The van der Waals surface area contributed by atoms with Crippen molar-refractivity contribution in [3.8, 4) is 0 Å². The van der Waals surface area contributed by atoms with E-state index in [-0.39, 0.29) is 22.7 Å². The third-order valence-corrected chi connectivity index (χ3v) is 5.83. The maximum atomic E-state index is 12.4. The van der Waals surface area contributed by atoms with E-state index < -0.39 is 10.0 Å². The first kappa shape index (κ1) is 20.1. The SMILES string of the molecule is CN(CC(C)(C)CN)S(=O)(=O)c1ccc(Br)c(Cl)c1.Cl. The van der Waals surface area contributed by atoms with Crippen LogP contribution in [0.15, 0.2) is 27.6 Å². The van der Waals surface area contributed by atoms with E-state index >= 15 is 0 Å². The van der Waals surface area contributed by atoms with Crippen molar-refractivity contribution in [3.05, 3.63) is 27.7 Å². The van der Waals surface area contributed by atoms with Crippen molar-refractivity contribution >= 4 is 50.0 Å². The van der Waals surface area contributed by atoms with E-state index in [0.29, 0.717) is 22.6 Å². The number of sulfonamides is 1. The highest BCUT2D eigenvalue weighted by Crippen LogP contribution is 2.27. The van der Waals surface area contributed by atoms with Crippen LogP contribution in [-0.2, 0) is 10.0 Å². The third kappa shape index (κ3) is 4.86. The van der Waals surface area contributed by atoms with Gasteiger partial charge in [0.15, 0.2) is 0 Å². The van der Waals surface area contributed by atoms with Crippen molar-refractivity contribution < 1.29 is 8.42 Å². The molecule has 2 N–H and O–H groups in total. The number of nitrogens with two attached hydrogens (primary N) is 1. The van der Waals surface area contributed by atoms with Crippen LogP contribution >= 0.6 is 39.9 Å². The maximum absolute atomic E-state index is 12.4. The average Bonchev–Trinajstić information content (AvgIpc) is 2.32. The van der Waals surface area contributed by atoms with Crippen LogP contribution in [0.5, 0.6) is 0 Å². The zero-order chi connectivity index (χ0) is 14.8. The fourth-order valence-electron chi connectivity index (χ4n) is 1.57. The second-order valence-corrected chi connectivity index (χ2v) is 8.51. The van der Waals surface area contributed by atoms with Crippen LogP contribution in [0.1, 0.15) is 13.8 Å². The molecule has 0 amide bonds. The van der Waals surface area contributed by atoms with Gasteiger partial charge < -0.3 is 5.73 Å². The minimum Gasteiger partial charge on any atom is -0.330 e. The summed E-state index contributed by atoms with van der Waals surface area (Å²) in [6, 6.07) is 4.58. The molecule has 0 radical (unpaired) electrons. The quantitative estimate of drug-likeness (QED) is 0.818. The molecule has 0 aliphatic heterocycles. The number of hydrogen-bond acceptors (Lipinski definition) is 3. The van der Waals surface area contributed by atoms with Gasteiger partial charge in [0, 0.05) is 18.1 Å². The predicted molar refractivity (Wildman–Crippen MR) is 89.1 cm³/mol. The van der Waals surface area contributed by atoms with E-state index in [1.54, 1.807) is 13.1 Å². The van der Waals surface area contributed by atoms with E-state index in [2.05, 4.69) is 15.9 Å². The molecule has 0 saturated heterocycles. The van der Waals surface area contributed by atoms with Gasteiger partial charge in [-0.05, 0) is 46.1 Å². The van der Waals surface area contributed by atoms with Crippen LogP contribution in [-0.4, -0.2) is 32.9 Å². The predicted octanol–water partition coefficient (Wildman–Crippen LogP) is 3.13. The number of rotatable bonds is 5. The smallest absolute Gasteiger partial charge is 0.242 e. The van der Waals surface area contributed by atoms with Gasteiger partial charge in [-0.25, -0.2) is 12.7 Å². The van der Waals surface area contributed by atoms with E-state index in [4.69, 9.17) is 17.3 Å². The van der Waals surface area contributed by atoms with Gasteiger partial charge in [-0.1, -0.05) is 25.4 Å². The van der Waals surface area contributed by atoms with Gasteiger partial charge in [0.1, 0.15) is 0 Å². The van der Waals surface area contributed by atoms with Gasteiger partial charge >= 0.3 is 0 Å². The standard InChI is InChI=1S/C12H18BrClN2O2S.ClH/c1-12(2,7-15)8-16(3)19(17,18)9-4-5-10(13)11(14)6-9;/h4-6H,7-8,15H2,1-3H3;1H. The van der Waals surface area contributed by atoms with Gasteiger partial charge in [-0.2, -0.15) is 0 Å². The van der Waals surface area contributed by atoms with Crippen LogP contribution in [0, 0.1) is 5.41 Å². The van der Waals surface area contributed by atoms with Gasteiger partial charge in [0.2, 0.25) is 10.0 Å². The molecule has 0 fully saturated rings. The fourth-order valence-corrected chi connectivity index (χ4v) is 3.45. The largest absolute Gasteiger partial charge is 0.330 e. The summed E-state index contributed by atoms with van der Waals surface area (Å²) in [7, 11) is -2.00. The minimum atomic E-state index is -3.55. The lowest BCUT2D eigenvalue weighted by Crippen LogP contribution is -2.39. The Kier molecular flexibility index (Phi) is 7.48. The van der Waals surface area contributed by atoms with Crippen LogP contribution in [0.2, 0.25) is 5.02 Å². The molecule has 4 nitrogen and oxygen atoms in total. The Morgan fingerprint density at radius 3 is 2.40 bits per heavy atom. The Morgan fingerprint density at radius 2 is 1.95 bits per heavy atom. The van der Waals surface area contributed by atoms with Crippen molar-refractivity contribution in [1.29, 1.82) is 0 Å². The molecule has 0 spiro atoms. The molecule has 20 heavy (non-hydrogen) atoms. The number of nitrogens with zero attached hydrogens (tertiary/aromatic N) is 1. The van der Waals surface area contributed by atoms with E-state index in [1.165, 1.54) is 16.4 Å². The molecule has 0 aromatic heterocycles. The Labute approximate surface area is 140 Å². The molecule has 0 aliphatic rings. The van der Waals surface area contributed by atoms with Crippen molar-refractivity contribution in [1.82, 2.24) is 4.31 Å². The summed E-state index contributed by atoms with van der Waals surface area (Å²) in [5.41, 5.74) is 5.35. The highest BCUT2D eigenvalue weighted by molar-refractivity contribution is 9.10. The van der Waals surface area contributed by atoms with Gasteiger partial charge in [0.25, 0.3) is 0 Å². The zero-order valence-corrected chi connectivity index (χ0v) is 15.5. The molecule has 0 heterocycles. The Hall–Kier alpha value is 0.150. The van der Waals surface area contributed by atoms with Crippen LogP contribution < -0.4 is 5.73 Å². The van der Waals surface area contributed by atoms with Crippen molar-refractivity contribution in [2.24, 2.45) is 11.1 Å². The summed E-state index contributed by atoms with van der Waals surface area (Å²) in [4.78, 5) is 0.177. The molecule has 1 aromatic carbocycles. The average molecular weight is 406 g/mol. The molecule has 1 aromatic rings. The first-order valence-electron chi connectivity index (χ1n) is 5.71. The molecule has 8 heteroatoms. The lowest BCUT2D eigenvalue weighted by atomic mass is 9.94. The molecule has 0 bridgehead atoms. The number of halogens is 3. The fraction of sp³-hybridized carbons (Fsp3) is 0.500. The second-order valence-electron chi connectivity index (χ2n) is 5.21. The van der Waals surface area contributed by atoms with Crippen molar-refractivity contribution in [2.75, 3.05) is 20.1 Å². The molecule has 0 aliphatic carbocycles. The van der Waals surface area contributed by atoms with E-state index in [9.17, 15) is 8.42 Å². The van der Waals surface area contributed by atoms with Gasteiger partial charge in [-0.15, -0.1) is 12.4 Å². The Balaban J connectivity index is 0.00000361. The maximum Gasteiger partial charge on any atom is 0.242 e. The monoisotopic (exact) mass is 404 g/mol. The summed E-state index contributed by atoms with van der Waals surface area (Å²) in [6.45, 7) is 4.61. The van der Waals surface area contributed by atoms with Gasteiger partial charge in [0.05, 0.1) is 9.92 Å². The normalized spacial score (nSPS) is 12.3. The summed E-state index contributed by atoms with van der Waals surface area (Å²) in [6.07, 6.45) is 0. The van der Waals surface area contributed by atoms with E-state index in [0.717, 1.165) is 0 Å². The number of benzene rings is 1. The molecular weight excluding hydrogens is 387 g/mol. The van der Waals surface area contributed by atoms with Crippen molar-refractivity contribution in [3.63, 3.8) is 0 Å². The summed E-state index contributed by atoms with van der Waals surface area (Å²) in [5, 5.41) is 0.368. The highest BCUT2D eigenvalue weighted by atomic mass is 79.9. The van der Waals surface area contributed by atoms with Crippen LogP contribution in [0.25, 0.3) is 0 Å². The summed E-state index contributed by atoms with van der Waals surface area (Å²) >= 11 is 9.17. The second kappa shape index (κ2) is 7.42. The first-order chi connectivity index (χ1) is 8.60. The molecule has 1 rings (SSSR count). The first-order valence-corrected chi connectivity index (χ1v) is 8.33. The topological polar surface area (TPSA) is 63.4 Å². The lowest BCUT2D eigenvalue weighted by molar-refractivity contribution is 0.292. The summed E-state index contributed by atoms with van der Waals surface area (Å²) in [5.74, 6) is 0. The molecule has 116 valence electrons. The zero-order valence-electron chi connectivity index (χ0n) is 11.6. The molecular formula is C12H19BrCl2N2O2S. The number of hydrogen-bond donors (Lipinski definition) is 1. The summed E-state index contributed by atoms with van der Waals surface area (Å²) < 4.78 is 26.8. The third-order valence-electron chi connectivity index (χ3n) is 2.80. The molecule has 0 saturated carbocycles. The minimum absolute atomic E-state index is 0. The Bertz CT molecular complexity index is 565. The van der Waals surface area contributed by atoms with Gasteiger partial charge in [-0.3, -0.25) is 0 Å². The molecule has 0 atom stereocenters. The van der Waals surface area contributed by atoms with Crippen LogP contribution in [0.4, 0.5) is 0 Å². The van der Waals surface area contributed by atoms with E-state index in [1.807, 2.05) is 13.8 Å². The molecule has 0 unspecified atom stereocenters.